The van der Waals surface area contributed by atoms with Gasteiger partial charge in [-0.25, -0.2) is 0 Å². The Hall–Kier alpha value is -1.84. The van der Waals surface area contributed by atoms with Crippen LogP contribution in [0.4, 0.5) is 0 Å². The summed E-state index contributed by atoms with van der Waals surface area (Å²) in [5.41, 5.74) is 0. The highest BCUT2D eigenvalue weighted by Gasteiger charge is 2.25. The average molecular weight is 885 g/mol. The normalized spacial score (nSPS) is 11.9. The summed E-state index contributed by atoms with van der Waals surface area (Å²) >= 11 is 5.04. The minimum Gasteiger partial charge on any atom is -0.330 e. The summed E-state index contributed by atoms with van der Waals surface area (Å²) in [6.07, 6.45) is 26.1. The second kappa shape index (κ2) is 39.3. The van der Waals surface area contributed by atoms with Crippen LogP contribution in [-0.2, 0) is 19.2 Å². The summed E-state index contributed by atoms with van der Waals surface area (Å²) in [4.78, 5) is 43.6. The van der Waals surface area contributed by atoms with Crippen LogP contribution in [0.5, 0.6) is 0 Å². The lowest BCUT2D eigenvalue weighted by atomic mass is 10.2. The van der Waals surface area contributed by atoms with Crippen molar-refractivity contribution in [3.05, 3.63) is 0 Å². The third-order valence-corrected chi connectivity index (χ3v) is 13.4. The maximum absolute atomic E-state index is 11.1. The molecule has 0 saturated heterocycles. The molecule has 0 heterocycles. The van der Waals surface area contributed by atoms with Gasteiger partial charge in [-0.3, -0.25) is 19.2 Å². The molecule has 0 spiro atoms. The SMILES string of the molecule is C#CC(=O)SCC[N+](C)(C)C.C#CC(=O)SCC[N+](CC)(CC)CC.C#CC(=O)SCC[N+](CC)(CCC)CCC.C#CC(=O)SCC[N+](CC)(CCC)CCCC. The van der Waals surface area contributed by atoms with Crippen molar-refractivity contribution in [3.63, 3.8) is 0 Å². The predicted molar refractivity (Wildman–Crippen MR) is 261 cm³/mol. The fourth-order valence-electron chi connectivity index (χ4n) is 6.26. The summed E-state index contributed by atoms with van der Waals surface area (Å²) < 4.78 is 4.20. The molecule has 12 heteroatoms. The Morgan fingerprint density at radius 3 is 0.862 bits per heavy atom. The first-order valence-electron chi connectivity index (χ1n) is 21.3. The summed E-state index contributed by atoms with van der Waals surface area (Å²) in [5.74, 6) is 11.8. The fourth-order valence-corrected chi connectivity index (χ4v) is 9.41. The predicted octanol–water partition coefficient (Wildman–Crippen LogP) is 7.80. The third kappa shape index (κ3) is 35.0. The molecule has 0 radical (unpaired) electrons. The molecule has 0 aliphatic heterocycles. The van der Waals surface area contributed by atoms with Gasteiger partial charge in [-0.05, 0) is 84.0 Å². The standard InChI is InChI=1S/C14H26NOS.C13H24NOS.C11H20NOS.C8H14NOS/c1-5-9-11-15(8-4,10-6-2)12-13-17-14(16)7-3;1-5-9-14(8-4,10-6-2)11-12-16-13(15)7-3;1-5-11(13)14-10-9-12(6-2,7-3)8-4;1-5-8(10)11-7-6-9(2,3)4/h3H,5-6,8-13H2,1-2,4H3;3H,5-6,8-12H2,1-2,4H3;1H,6-10H2,2-4H3;1H,6-7H2,2-4H3/q4*+1. The topological polar surface area (TPSA) is 68.3 Å². The van der Waals surface area contributed by atoms with Gasteiger partial charge in [-0.2, -0.15) is 0 Å². The maximum Gasteiger partial charge on any atom is 0.262 e. The summed E-state index contributed by atoms with van der Waals surface area (Å²) in [6, 6.07) is 0. The Morgan fingerprint density at radius 1 is 0.379 bits per heavy atom. The maximum atomic E-state index is 11.1. The lowest BCUT2D eigenvalue weighted by Crippen LogP contribution is -2.50. The molecule has 332 valence electrons. The average Bonchev–Trinajstić information content (AvgIpc) is 3.21. The van der Waals surface area contributed by atoms with Gasteiger partial charge in [-0.1, -0.05) is 81.2 Å². The van der Waals surface area contributed by atoms with Crippen LogP contribution in [0.15, 0.2) is 0 Å². The molecule has 0 amide bonds. The highest BCUT2D eigenvalue weighted by atomic mass is 32.2. The quantitative estimate of drug-likeness (QED) is 0.0645. The van der Waals surface area contributed by atoms with Gasteiger partial charge in [-0.15, -0.1) is 25.7 Å². The molecule has 1 unspecified atom stereocenters. The summed E-state index contributed by atoms with van der Waals surface area (Å²) in [5, 5.41) is -0.585. The van der Waals surface area contributed by atoms with Crippen molar-refractivity contribution in [2.75, 3.05) is 129 Å². The molecule has 0 bridgehead atoms. The molecular weight excluding hydrogens is 801 g/mol. The molecule has 1 atom stereocenters. The number of quaternary nitrogens is 4. The van der Waals surface area contributed by atoms with Crippen LogP contribution in [-0.4, -0.2) is 168 Å². The summed E-state index contributed by atoms with van der Waals surface area (Å²) in [7, 11) is 6.25. The van der Waals surface area contributed by atoms with Gasteiger partial charge < -0.3 is 17.9 Å². The van der Waals surface area contributed by atoms with Gasteiger partial charge >= 0.3 is 0 Å². The van der Waals surface area contributed by atoms with Crippen molar-refractivity contribution in [2.24, 2.45) is 0 Å². The van der Waals surface area contributed by atoms with E-state index >= 15 is 0 Å². The van der Waals surface area contributed by atoms with Crippen LogP contribution in [0, 0.1) is 49.4 Å². The van der Waals surface area contributed by atoms with Crippen molar-refractivity contribution in [3.8, 4) is 49.4 Å². The van der Waals surface area contributed by atoms with E-state index in [4.69, 9.17) is 25.7 Å². The highest BCUT2D eigenvalue weighted by molar-refractivity contribution is 8.15. The molecule has 0 aliphatic carbocycles. The first-order valence-corrected chi connectivity index (χ1v) is 25.2. The number of hydrogen-bond donors (Lipinski definition) is 0. The fraction of sp³-hybridized carbons (Fsp3) is 0.739. The molecule has 0 rings (SSSR count). The second-order valence-corrected chi connectivity index (χ2v) is 19.4. The molecule has 0 saturated carbocycles. The molecule has 8 nitrogen and oxygen atoms in total. The van der Waals surface area contributed by atoms with E-state index in [1.165, 1.54) is 105 Å². The molecule has 0 aliphatic rings. The number of thioether (sulfide) groups is 4. The Kier molecular flexibility index (Phi) is 42.6. The number of unbranched alkanes of at least 4 members (excludes halogenated alkanes) is 1. The van der Waals surface area contributed by atoms with Crippen LogP contribution in [0.1, 0.15) is 94.4 Å². The van der Waals surface area contributed by atoms with E-state index in [0.717, 1.165) is 99.8 Å². The van der Waals surface area contributed by atoms with Gasteiger partial charge in [0.05, 0.1) is 129 Å². The van der Waals surface area contributed by atoms with E-state index in [0.29, 0.717) is 0 Å². The number of carbonyl (C=O) groups is 4. The van der Waals surface area contributed by atoms with Crippen LogP contribution in [0.2, 0.25) is 0 Å². The van der Waals surface area contributed by atoms with E-state index < -0.39 is 0 Å². The third-order valence-electron chi connectivity index (χ3n) is 10.3. The Bertz CT molecular complexity index is 1270. The summed E-state index contributed by atoms with van der Waals surface area (Å²) in [6.45, 7) is 34.6. The number of carbonyl (C=O) groups excluding carboxylic acids is 4. The zero-order valence-electron chi connectivity index (χ0n) is 38.9. The van der Waals surface area contributed by atoms with E-state index in [9.17, 15) is 19.2 Å². The van der Waals surface area contributed by atoms with Gasteiger partial charge in [0.2, 0.25) is 0 Å². The molecule has 0 N–H and O–H groups in total. The van der Waals surface area contributed by atoms with E-state index in [1.807, 2.05) is 0 Å². The molecule has 0 aromatic carbocycles. The Labute approximate surface area is 375 Å². The van der Waals surface area contributed by atoms with Crippen molar-refractivity contribution in [1.82, 2.24) is 0 Å². The van der Waals surface area contributed by atoms with Gasteiger partial charge in [0.1, 0.15) is 0 Å². The van der Waals surface area contributed by atoms with Crippen LogP contribution >= 0.6 is 47.0 Å². The lowest BCUT2D eigenvalue weighted by Gasteiger charge is -2.37. The molecule has 58 heavy (non-hydrogen) atoms. The zero-order chi connectivity index (χ0) is 45.5. The first-order chi connectivity index (χ1) is 27.4. The lowest BCUT2D eigenvalue weighted by molar-refractivity contribution is -0.924. The largest absolute Gasteiger partial charge is 0.330 e. The van der Waals surface area contributed by atoms with Crippen LogP contribution in [0.3, 0.4) is 0 Å². The highest BCUT2D eigenvalue weighted by Crippen LogP contribution is 2.15. The van der Waals surface area contributed by atoms with E-state index in [1.54, 1.807) is 0 Å². The number of hydrogen-bond acceptors (Lipinski definition) is 8. The second-order valence-electron chi connectivity index (χ2n) is 15.2. The van der Waals surface area contributed by atoms with Gasteiger partial charge in [0.25, 0.3) is 20.5 Å². The van der Waals surface area contributed by atoms with Crippen molar-refractivity contribution >= 4 is 67.5 Å². The number of rotatable bonds is 26. The van der Waals surface area contributed by atoms with Crippen molar-refractivity contribution in [2.45, 2.75) is 94.4 Å². The Balaban J connectivity index is -0.000000339. The van der Waals surface area contributed by atoms with E-state index in [2.05, 4.69) is 107 Å². The van der Waals surface area contributed by atoms with Crippen molar-refractivity contribution < 1.29 is 37.1 Å². The smallest absolute Gasteiger partial charge is 0.262 e. The molecule has 0 fully saturated rings. The Morgan fingerprint density at radius 2 is 0.638 bits per heavy atom. The monoisotopic (exact) mass is 885 g/mol. The number of terminal acetylenes is 4. The zero-order valence-corrected chi connectivity index (χ0v) is 42.2. The van der Waals surface area contributed by atoms with Gasteiger partial charge in [0.15, 0.2) is 0 Å². The van der Waals surface area contributed by atoms with Gasteiger partial charge in [0, 0.05) is 0 Å². The minimum absolute atomic E-state index is 0.133. The molecular formula is C46H84N4O4S4+4. The minimum atomic E-state index is -0.168. The first kappa shape index (κ1) is 62.8. The number of nitrogens with zero attached hydrogens (tertiary/aromatic N) is 4. The van der Waals surface area contributed by atoms with E-state index in [-0.39, 0.29) is 20.5 Å². The van der Waals surface area contributed by atoms with Crippen molar-refractivity contribution in [1.29, 1.82) is 0 Å². The molecule has 0 aromatic rings. The van der Waals surface area contributed by atoms with Crippen LogP contribution in [0.25, 0.3) is 0 Å². The molecule has 0 aromatic heterocycles. The van der Waals surface area contributed by atoms with Crippen LogP contribution < -0.4 is 0 Å².